The molecule has 1 spiro atoms. The highest BCUT2D eigenvalue weighted by atomic mass is 16.6. The van der Waals surface area contributed by atoms with Gasteiger partial charge in [0.2, 0.25) is 5.91 Å². The Morgan fingerprint density at radius 2 is 1.72 bits per heavy atom. The SMILES string of the molecule is CC(C)(C)N(C(=O)O)c1ccc(-c2ccc(C3(C(=O)N4CC[C@@]5(C4)OC(=O)c4ccccc45)CC3)cn2)cc1. The molecule has 8 heteroatoms. The number of anilines is 1. The van der Waals surface area contributed by atoms with Gasteiger partial charge in [-0.1, -0.05) is 36.4 Å². The summed E-state index contributed by atoms with van der Waals surface area (Å²) in [5.41, 5.74) is 2.66. The molecule has 1 aliphatic carbocycles. The van der Waals surface area contributed by atoms with Crippen LogP contribution in [-0.4, -0.2) is 51.6 Å². The molecule has 1 saturated heterocycles. The first-order chi connectivity index (χ1) is 18.5. The van der Waals surface area contributed by atoms with Gasteiger partial charge < -0.3 is 14.7 Å². The van der Waals surface area contributed by atoms with Gasteiger partial charge in [-0.3, -0.25) is 14.7 Å². The predicted molar refractivity (Wildman–Crippen MR) is 146 cm³/mol. The number of rotatable bonds is 4. The Morgan fingerprint density at radius 1 is 1.00 bits per heavy atom. The van der Waals surface area contributed by atoms with Gasteiger partial charge in [-0.25, -0.2) is 9.59 Å². The molecular weight excluding hydrogens is 494 g/mol. The average molecular weight is 526 g/mol. The predicted octanol–water partition coefficient (Wildman–Crippen LogP) is 5.36. The first-order valence-corrected chi connectivity index (χ1v) is 13.3. The van der Waals surface area contributed by atoms with Crippen LogP contribution < -0.4 is 4.90 Å². The minimum absolute atomic E-state index is 0.0645. The van der Waals surface area contributed by atoms with Crippen molar-refractivity contribution in [3.05, 3.63) is 83.6 Å². The van der Waals surface area contributed by atoms with Crippen LogP contribution in [0.3, 0.4) is 0 Å². The number of carbonyl (C=O) groups is 3. The molecule has 1 N–H and O–H groups in total. The van der Waals surface area contributed by atoms with E-state index in [2.05, 4.69) is 4.98 Å². The zero-order valence-corrected chi connectivity index (χ0v) is 22.3. The lowest BCUT2D eigenvalue weighted by molar-refractivity contribution is -0.134. The number of ether oxygens (including phenoxy) is 1. The number of hydrogen-bond acceptors (Lipinski definition) is 5. The maximum Gasteiger partial charge on any atom is 0.412 e. The lowest BCUT2D eigenvalue weighted by Crippen LogP contribution is -2.45. The summed E-state index contributed by atoms with van der Waals surface area (Å²) in [4.78, 5) is 45.8. The van der Waals surface area contributed by atoms with Crippen molar-refractivity contribution in [3.8, 4) is 11.3 Å². The van der Waals surface area contributed by atoms with Crippen LogP contribution in [-0.2, 0) is 20.5 Å². The number of fused-ring (bicyclic) bond motifs is 2. The van der Waals surface area contributed by atoms with Crippen LogP contribution >= 0.6 is 0 Å². The van der Waals surface area contributed by atoms with Crippen molar-refractivity contribution in [2.45, 2.75) is 56.6 Å². The summed E-state index contributed by atoms with van der Waals surface area (Å²) >= 11 is 0. The number of carboxylic acid groups (broad SMARTS) is 1. The van der Waals surface area contributed by atoms with E-state index in [1.165, 1.54) is 4.90 Å². The molecule has 1 atom stereocenters. The molecule has 2 aromatic carbocycles. The molecule has 2 aliphatic heterocycles. The summed E-state index contributed by atoms with van der Waals surface area (Å²) < 4.78 is 5.84. The molecule has 1 saturated carbocycles. The van der Waals surface area contributed by atoms with Gasteiger partial charge in [0.1, 0.15) is 0 Å². The normalized spacial score (nSPS) is 21.0. The van der Waals surface area contributed by atoms with Gasteiger partial charge in [0.15, 0.2) is 5.60 Å². The quantitative estimate of drug-likeness (QED) is 0.460. The third-order valence-corrected chi connectivity index (χ3v) is 8.20. The summed E-state index contributed by atoms with van der Waals surface area (Å²) in [6.45, 7) is 6.47. The number of benzene rings is 2. The fourth-order valence-electron chi connectivity index (χ4n) is 6.07. The van der Waals surface area contributed by atoms with E-state index in [0.29, 0.717) is 30.8 Å². The lowest BCUT2D eigenvalue weighted by Gasteiger charge is -2.33. The number of nitrogens with zero attached hydrogens (tertiary/aromatic N) is 3. The number of pyridine rings is 1. The van der Waals surface area contributed by atoms with Crippen molar-refractivity contribution in [3.63, 3.8) is 0 Å². The van der Waals surface area contributed by atoms with Crippen molar-refractivity contribution >= 4 is 23.7 Å². The van der Waals surface area contributed by atoms with E-state index in [-0.39, 0.29) is 11.9 Å². The second kappa shape index (κ2) is 8.66. The molecule has 6 rings (SSSR count). The molecule has 1 aromatic heterocycles. The van der Waals surface area contributed by atoms with E-state index in [9.17, 15) is 19.5 Å². The topological polar surface area (TPSA) is 100 Å². The number of likely N-dealkylation sites (tertiary alicyclic amines) is 1. The van der Waals surface area contributed by atoms with Gasteiger partial charge in [0.05, 0.1) is 23.2 Å². The Kier molecular flexibility index (Phi) is 5.57. The Bertz CT molecular complexity index is 1470. The smallest absolute Gasteiger partial charge is 0.412 e. The minimum atomic E-state index is -1.00. The molecule has 0 bridgehead atoms. The van der Waals surface area contributed by atoms with Crippen LogP contribution in [0.4, 0.5) is 10.5 Å². The minimum Gasteiger partial charge on any atom is -0.465 e. The van der Waals surface area contributed by atoms with E-state index in [0.717, 1.165) is 35.2 Å². The molecule has 2 amide bonds. The highest BCUT2D eigenvalue weighted by molar-refractivity contribution is 5.96. The van der Waals surface area contributed by atoms with Gasteiger partial charge in [0, 0.05) is 41.5 Å². The van der Waals surface area contributed by atoms with E-state index in [1.807, 2.05) is 68.1 Å². The molecule has 3 heterocycles. The Hall–Kier alpha value is -4.20. The van der Waals surface area contributed by atoms with Crippen LogP contribution in [0.25, 0.3) is 11.3 Å². The molecule has 3 aromatic rings. The molecule has 39 heavy (non-hydrogen) atoms. The van der Waals surface area contributed by atoms with Gasteiger partial charge in [-0.15, -0.1) is 0 Å². The largest absolute Gasteiger partial charge is 0.465 e. The standard InChI is InChI=1S/C31H31N3O5/c1-29(2,3)34(28(37)38)22-11-8-20(9-12-22)25-13-10-21(18-32-25)30(14-15-30)27(36)33-17-16-31(19-33)24-7-5-4-6-23(24)26(35)39-31/h4-13,18H,14-17,19H2,1-3H3,(H,37,38)/t31-/m0/s1. The fourth-order valence-corrected chi connectivity index (χ4v) is 6.07. The fraction of sp³-hybridized carbons (Fsp3) is 0.355. The van der Waals surface area contributed by atoms with Crippen molar-refractivity contribution in [1.29, 1.82) is 0 Å². The van der Waals surface area contributed by atoms with Crippen LogP contribution in [0.15, 0.2) is 66.9 Å². The summed E-state index contributed by atoms with van der Waals surface area (Å²) in [7, 11) is 0. The van der Waals surface area contributed by atoms with Gasteiger partial charge in [0.25, 0.3) is 0 Å². The maximum atomic E-state index is 13.8. The van der Waals surface area contributed by atoms with Gasteiger partial charge in [-0.2, -0.15) is 0 Å². The summed E-state index contributed by atoms with van der Waals surface area (Å²) in [6.07, 6.45) is 2.90. The van der Waals surface area contributed by atoms with E-state index in [4.69, 9.17) is 4.74 Å². The van der Waals surface area contributed by atoms with Gasteiger partial charge in [-0.05, 0) is 63.4 Å². The number of aromatic nitrogens is 1. The monoisotopic (exact) mass is 525 g/mol. The van der Waals surface area contributed by atoms with E-state index >= 15 is 0 Å². The van der Waals surface area contributed by atoms with Crippen molar-refractivity contribution in [2.75, 3.05) is 18.0 Å². The molecule has 2 fully saturated rings. The first kappa shape index (κ1) is 25.1. The Morgan fingerprint density at radius 3 is 2.33 bits per heavy atom. The second-order valence-electron chi connectivity index (χ2n) is 11.8. The van der Waals surface area contributed by atoms with Crippen molar-refractivity contribution < 1.29 is 24.2 Å². The average Bonchev–Trinajstić information content (AvgIpc) is 3.54. The molecule has 3 aliphatic rings. The van der Waals surface area contributed by atoms with Crippen molar-refractivity contribution in [2.24, 2.45) is 0 Å². The summed E-state index contributed by atoms with van der Waals surface area (Å²) in [5.74, 6) is -0.252. The van der Waals surface area contributed by atoms with Crippen LogP contribution in [0.1, 0.15) is 61.5 Å². The van der Waals surface area contributed by atoms with Crippen molar-refractivity contribution in [1.82, 2.24) is 9.88 Å². The summed E-state index contributed by atoms with van der Waals surface area (Å²) in [5, 5.41) is 9.66. The van der Waals surface area contributed by atoms with Crippen LogP contribution in [0.2, 0.25) is 0 Å². The lowest BCUT2D eigenvalue weighted by atomic mass is 9.91. The van der Waals surface area contributed by atoms with Crippen LogP contribution in [0.5, 0.6) is 0 Å². The zero-order valence-electron chi connectivity index (χ0n) is 22.3. The second-order valence-corrected chi connectivity index (χ2v) is 11.8. The first-order valence-electron chi connectivity index (χ1n) is 13.3. The molecule has 0 unspecified atom stereocenters. The van der Waals surface area contributed by atoms with Gasteiger partial charge >= 0.3 is 12.1 Å². The molecule has 8 nitrogen and oxygen atoms in total. The third kappa shape index (κ3) is 4.06. The number of amides is 2. The highest BCUT2D eigenvalue weighted by Crippen LogP contribution is 2.52. The number of hydrogen-bond donors (Lipinski definition) is 1. The maximum absolute atomic E-state index is 13.8. The zero-order chi connectivity index (χ0) is 27.6. The number of esters is 1. The third-order valence-electron chi connectivity index (χ3n) is 8.20. The van der Waals surface area contributed by atoms with Crippen LogP contribution in [0, 0.1) is 0 Å². The van der Waals surface area contributed by atoms with E-state index < -0.39 is 22.6 Å². The number of carbonyl (C=O) groups excluding carboxylic acids is 2. The summed E-state index contributed by atoms with van der Waals surface area (Å²) in [6, 6.07) is 18.6. The molecule has 200 valence electrons. The molecule has 0 radical (unpaired) electrons. The Balaban J connectivity index is 1.19. The molecular formula is C31H31N3O5. The Labute approximate surface area is 227 Å². The van der Waals surface area contributed by atoms with E-state index in [1.54, 1.807) is 24.4 Å². The highest BCUT2D eigenvalue weighted by Gasteiger charge is 2.57.